The van der Waals surface area contributed by atoms with E-state index in [1.807, 2.05) is 6.07 Å². The number of rotatable bonds is 5. The van der Waals surface area contributed by atoms with Crippen LogP contribution in [0.2, 0.25) is 0 Å². The van der Waals surface area contributed by atoms with Crippen molar-refractivity contribution >= 4 is 0 Å². The fourth-order valence-electron chi connectivity index (χ4n) is 4.28. The maximum atomic E-state index is 5.74. The van der Waals surface area contributed by atoms with Crippen molar-refractivity contribution in [3.63, 3.8) is 0 Å². The standard InChI is InChI=1S/C19H28N2O2/c1-13-17(9-11-23-13)20-18-8-10-21(15-6-7-15)19(18)14-4-3-5-16(12-14)22-2/h3-5,12-13,15,17-20H,6-11H2,1-2H3/t13-,17+,18+,19+/m0/s1. The molecule has 1 N–H and O–H groups in total. The highest BCUT2D eigenvalue weighted by molar-refractivity contribution is 5.32. The van der Waals surface area contributed by atoms with E-state index in [-0.39, 0.29) is 0 Å². The van der Waals surface area contributed by atoms with Crippen LogP contribution >= 0.6 is 0 Å². The Labute approximate surface area is 139 Å². The minimum Gasteiger partial charge on any atom is -0.497 e. The summed E-state index contributed by atoms with van der Waals surface area (Å²) in [7, 11) is 1.75. The van der Waals surface area contributed by atoms with Crippen molar-refractivity contribution in [2.75, 3.05) is 20.3 Å². The Kier molecular flexibility index (Phi) is 4.31. The third-order valence-corrected chi connectivity index (χ3v) is 5.69. The van der Waals surface area contributed by atoms with Gasteiger partial charge in [0, 0.05) is 31.3 Å². The lowest BCUT2D eigenvalue weighted by Crippen LogP contribution is -2.45. The third-order valence-electron chi connectivity index (χ3n) is 5.69. The second kappa shape index (κ2) is 6.42. The van der Waals surface area contributed by atoms with Gasteiger partial charge in [-0.15, -0.1) is 0 Å². The summed E-state index contributed by atoms with van der Waals surface area (Å²) in [4.78, 5) is 2.72. The number of benzene rings is 1. The Hall–Kier alpha value is -1.10. The van der Waals surface area contributed by atoms with Gasteiger partial charge < -0.3 is 14.8 Å². The summed E-state index contributed by atoms with van der Waals surface area (Å²) in [6, 6.07) is 10.9. The Morgan fingerprint density at radius 2 is 2.04 bits per heavy atom. The SMILES string of the molecule is COc1cccc([C@@H]2[C@H](N[C@@H]3CCO[C@H]3C)CCN2C2CC2)c1. The molecular formula is C19H28N2O2. The molecule has 2 saturated heterocycles. The van der Waals surface area contributed by atoms with Crippen molar-refractivity contribution in [2.45, 2.75) is 62.9 Å². The van der Waals surface area contributed by atoms with Gasteiger partial charge in [-0.2, -0.15) is 0 Å². The second-order valence-corrected chi connectivity index (χ2v) is 7.22. The van der Waals surface area contributed by atoms with E-state index in [0.717, 1.165) is 24.8 Å². The van der Waals surface area contributed by atoms with Crippen LogP contribution in [0.25, 0.3) is 0 Å². The highest BCUT2D eigenvalue weighted by Crippen LogP contribution is 2.42. The summed E-state index contributed by atoms with van der Waals surface area (Å²) in [6.45, 7) is 4.28. The highest BCUT2D eigenvalue weighted by atomic mass is 16.5. The average Bonchev–Trinajstić information content (AvgIpc) is 3.22. The van der Waals surface area contributed by atoms with Gasteiger partial charge in [0.2, 0.25) is 0 Å². The fourth-order valence-corrected chi connectivity index (χ4v) is 4.28. The zero-order chi connectivity index (χ0) is 15.8. The molecule has 1 aliphatic carbocycles. The van der Waals surface area contributed by atoms with E-state index in [4.69, 9.17) is 9.47 Å². The topological polar surface area (TPSA) is 33.7 Å². The van der Waals surface area contributed by atoms with Crippen molar-refractivity contribution in [1.29, 1.82) is 0 Å². The molecule has 126 valence electrons. The average molecular weight is 316 g/mol. The first-order valence-electron chi connectivity index (χ1n) is 9.03. The van der Waals surface area contributed by atoms with Gasteiger partial charge in [-0.05, 0) is 50.3 Å². The minimum absolute atomic E-state index is 0.330. The van der Waals surface area contributed by atoms with Crippen LogP contribution in [0.3, 0.4) is 0 Å². The largest absolute Gasteiger partial charge is 0.497 e. The zero-order valence-electron chi connectivity index (χ0n) is 14.2. The first-order chi connectivity index (χ1) is 11.3. The molecule has 3 aliphatic rings. The van der Waals surface area contributed by atoms with Crippen LogP contribution in [-0.2, 0) is 4.74 Å². The highest BCUT2D eigenvalue weighted by Gasteiger charge is 2.44. The molecule has 0 spiro atoms. The Morgan fingerprint density at radius 3 is 2.74 bits per heavy atom. The molecule has 2 heterocycles. The molecule has 0 bridgehead atoms. The summed E-state index contributed by atoms with van der Waals surface area (Å²) < 4.78 is 11.2. The first-order valence-corrected chi connectivity index (χ1v) is 9.03. The first kappa shape index (κ1) is 15.4. The van der Waals surface area contributed by atoms with Crippen LogP contribution in [-0.4, -0.2) is 49.4 Å². The van der Waals surface area contributed by atoms with Gasteiger partial charge in [0.15, 0.2) is 0 Å². The number of ether oxygens (including phenoxy) is 2. The lowest BCUT2D eigenvalue weighted by Gasteiger charge is -2.31. The maximum Gasteiger partial charge on any atom is 0.119 e. The van der Waals surface area contributed by atoms with Gasteiger partial charge in [0.1, 0.15) is 5.75 Å². The van der Waals surface area contributed by atoms with Crippen LogP contribution in [0, 0.1) is 0 Å². The Morgan fingerprint density at radius 1 is 1.17 bits per heavy atom. The molecule has 0 radical (unpaired) electrons. The predicted molar refractivity (Wildman–Crippen MR) is 90.8 cm³/mol. The molecule has 2 aliphatic heterocycles. The van der Waals surface area contributed by atoms with Gasteiger partial charge in [-0.25, -0.2) is 0 Å². The third kappa shape index (κ3) is 3.12. The summed E-state index contributed by atoms with van der Waals surface area (Å²) in [5.41, 5.74) is 1.39. The molecule has 0 amide bonds. The smallest absolute Gasteiger partial charge is 0.119 e. The van der Waals surface area contributed by atoms with Gasteiger partial charge in [0.25, 0.3) is 0 Å². The maximum absolute atomic E-state index is 5.74. The molecule has 4 atom stereocenters. The van der Waals surface area contributed by atoms with E-state index in [2.05, 4.69) is 35.3 Å². The number of hydrogen-bond donors (Lipinski definition) is 1. The molecule has 4 rings (SSSR count). The molecule has 23 heavy (non-hydrogen) atoms. The summed E-state index contributed by atoms with van der Waals surface area (Å²) in [5, 5.41) is 3.92. The normalized spacial score (nSPS) is 34.9. The van der Waals surface area contributed by atoms with Gasteiger partial charge >= 0.3 is 0 Å². The van der Waals surface area contributed by atoms with Crippen LogP contribution in [0.15, 0.2) is 24.3 Å². The molecule has 3 fully saturated rings. The predicted octanol–water partition coefficient (Wildman–Crippen LogP) is 2.74. The van der Waals surface area contributed by atoms with Crippen LogP contribution in [0.4, 0.5) is 0 Å². The molecule has 1 saturated carbocycles. The number of likely N-dealkylation sites (tertiary alicyclic amines) is 1. The quantitative estimate of drug-likeness (QED) is 0.906. The van der Waals surface area contributed by atoms with E-state index >= 15 is 0 Å². The monoisotopic (exact) mass is 316 g/mol. The van der Waals surface area contributed by atoms with Crippen molar-refractivity contribution in [3.05, 3.63) is 29.8 Å². The lowest BCUT2D eigenvalue weighted by molar-refractivity contribution is 0.108. The Bertz CT molecular complexity index is 546. The van der Waals surface area contributed by atoms with E-state index in [0.29, 0.717) is 24.2 Å². The zero-order valence-corrected chi connectivity index (χ0v) is 14.2. The van der Waals surface area contributed by atoms with Gasteiger partial charge in [0.05, 0.1) is 19.3 Å². The summed E-state index contributed by atoms with van der Waals surface area (Å²) in [5.74, 6) is 0.960. The number of nitrogens with zero attached hydrogens (tertiary/aromatic N) is 1. The Balaban J connectivity index is 1.57. The molecular weight excluding hydrogens is 288 g/mol. The molecule has 0 unspecified atom stereocenters. The molecule has 0 aromatic heterocycles. The van der Waals surface area contributed by atoms with Crippen molar-refractivity contribution in [2.24, 2.45) is 0 Å². The fraction of sp³-hybridized carbons (Fsp3) is 0.684. The molecule has 1 aromatic carbocycles. The van der Waals surface area contributed by atoms with E-state index in [1.165, 1.54) is 31.4 Å². The lowest BCUT2D eigenvalue weighted by atomic mass is 9.98. The van der Waals surface area contributed by atoms with Gasteiger partial charge in [-0.3, -0.25) is 4.90 Å². The summed E-state index contributed by atoms with van der Waals surface area (Å²) >= 11 is 0. The van der Waals surface area contributed by atoms with Gasteiger partial charge in [-0.1, -0.05) is 12.1 Å². The van der Waals surface area contributed by atoms with Crippen molar-refractivity contribution in [3.8, 4) is 5.75 Å². The minimum atomic E-state index is 0.330. The van der Waals surface area contributed by atoms with Crippen molar-refractivity contribution < 1.29 is 9.47 Å². The second-order valence-electron chi connectivity index (χ2n) is 7.22. The summed E-state index contributed by atoms with van der Waals surface area (Å²) in [6.07, 6.45) is 5.40. The number of nitrogens with one attached hydrogen (secondary N) is 1. The molecule has 4 heteroatoms. The van der Waals surface area contributed by atoms with E-state index < -0.39 is 0 Å². The molecule has 1 aromatic rings. The number of methoxy groups -OCH3 is 1. The van der Waals surface area contributed by atoms with E-state index in [9.17, 15) is 0 Å². The van der Waals surface area contributed by atoms with Crippen LogP contribution in [0.5, 0.6) is 5.75 Å². The molecule has 4 nitrogen and oxygen atoms in total. The van der Waals surface area contributed by atoms with Crippen molar-refractivity contribution in [1.82, 2.24) is 10.2 Å². The van der Waals surface area contributed by atoms with Crippen LogP contribution in [0.1, 0.15) is 44.2 Å². The van der Waals surface area contributed by atoms with E-state index in [1.54, 1.807) is 7.11 Å². The number of hydrogen-bond acceptors (Lipinski definition) is 4. The van der Waals surface area contributed by atoms with Crippen LogP contribution < -0.4 is 10.1 Å².